The Labute approximate surface area is 179 Å². The van der Waals surface area contributed by atoms with Crippen molar-refractivity contribution in [2.45, 2.75) is 20.8 Å². The lowest BCUT2D eigenvalue weighted by Crippen LogP contribution is -2.27. The number of aromatic nitrogens is 1. The molecule has 2 aromatic carbocycles. The number of carbonyl (C=O) groups is 1. The van der Waals surface area contributed by atoms with Crippen molar-refractivity contribution in [3.8, 4) is 22.6 Å². The second kappa shape index (κ2) is 8.97. The van der Waals surface area contributed by atoms with Crippen molar-refractivity contribution >= 4 is 17.3 Å². The normalized spacial score (nSPS) is 10.9. The summed E-state index contributed by atoms with van der Waals surface area (Å²) in [5.74, 6) is 1.14. The van der Waals surface area contributed by atoms with E-state index in [0.717, 1.165) is 5.56 Å². The lowest BCUT2D eigenvalue weighted by molar-refractivity contribution is -0.384. The topological polar surface area (TPSA) is 111 Å². The van der Waals surface area contributed by atoms with Crippen LogP contribution in [-0.2, 0) is 4.79 Å². The Balaban J connectivity index is 1.94. The molecule has 9 nitrogen and oxygen atoms in total. The second-order valence-electron chi connectivity index (χ2n) is 7.54. The molecule has 0 saturated heterocycles. The van der Waals surface area contributed by atoms with Crippen molar-refractivity contribution in [1.29, 1.82) is 0 Å². The molecule has 1 amide bonds. The van der Waals surface area contributed by atoms with E-state index in [0.29, 0.717) is 39.8 Å². The quantitative estimate of drug-likeness (QED) is 0.440. The molecule has 0 aliphatic heterocycles. The molecule has 1 N–H and O–H groups in total. The van der Waals surface area contributed by atoms with Crippen molar-refractivity contribution in [2.75, 3.05) is 26.0 Å². The van der Waals surface area contributed by atoms with Gasteiger partial charge < -0.3 is 19.5 Å². The maximum atomic E-state index is 12.1. The van der Waals surface area contributed by atoms with Crippen LogP contribution < -0.4 is 10.1 Å². The minimum atomic E-state index is -0.476. The maximum Gasteiger partial charge on any atom is 0.273 e. The Hall–Kier alpha value is -3.72. The average Bonchev–Trinajstić information content (AvgIpc) is 3.01. The van der Waals surface area contributed by atoms with Gasteiger partial charge in [-0.05, 0) is 58.1 Å². The molecule has 0 aliphatic carbocycles. The number of nitrogens with one attached hydrogen (secondary N) is 1. The molecule has 1 aromatic heterocycles. The van der Waals surface area contributed by atoms with Crippen LogP contribution in [0.4, 0.5) is 11.4 Å². The number of hydrogen-bond acceptors (Lipinski definition) is 7. The monoisotopic (exact) mass is 424 g/mol. The third kappa shape index (κ3) is 5.26. The van der Waals surface area contributed by atoms with Crippen molar-refractivity contribution in [2.24, 2.45) is 0 Å². The molecule has 0 aliphatic rings. The Bertz CT molecular complexity index is 1120. The number of anilines is 1. The maximum absolute atomic E-state index is 12.1. The zero-order valence-corrected chi connectivity index (χ0v) is 18.1. The molecule has 0 unspecified atom stereocenters. The molecule has 3 aromatic rings. The lowest BCUT2D eigenvalue weighted by atomic mass is 10.0. The van der Waals surface area contributed by atoms with Gasteiger partial charge in [-0.1, -0.05) is 11.2 Å². The Morgan fingerprint density at radius 3 is 2.52 bits per heavy atom. The standard InChI is InChI=1S/C22H24N4O5/c1-13-6-7-18(11-20(13)23-21(27)12-25(4)5)30-19-9-16(8-17(10-19)26(28)29)22-14(2)24-31-15(22)3/h6-11H,12H2,1-5H3,(H,23,27). The van der Waals surface area contributed by atoms with Crippen LogP contribution >= 0.6 is 0 Å². The fraction of sp³-hybridized carbons (Fsp3) is 0.273. The first-order valence-electron chi connectivity index (χ1n) is 9.60. The average molecular weight is 424 g/mol. The van der Waals surface area contributed by atoms with Gasteiger partial charge in [-0.25, -0.2) is 0 Å². The van der Waals surface area contributed by atoms with E-state index < -0.39 is 4.92 Å². The molecule has 0 fully saturated rings. The number of nitro groups is 1. The summed E-state index contributed by atoms with van der Waals surface area (Å²) in [4.78, 5) is 24.9. The number of likely N-dealkylation sites (N-methyl/N-ethyl adjacent to an activating group) is 1. The number of amides is 1. The van der Waals surface area contributed by atoms with E-state index in [1.54, 1.807) is 36.9 Å². The molecule has 0 atom stereocenters. The molecular formula is C22H24N4O5. The molecule has 0 spiro atoms. The van der Waals surface area contributed by atoms with E-state index in [-0.39, 0.29) is 18.1 Å². The van der Waals surface area contributed by atoms with E-state index in [2.05, 4.69) is 10.5 Å². The Morgan fingerprint density at radius 1 is 1.16 bits per heavy atom. The number of benzene rings is 2. The smallest absolute Gasteiger partial charge is 0.273 e. The number of ether oxygens (including phenoxy) is 1. The van der Waals surface area contributed by atoms with Gasteiger partial charge in [0.15, 0.2) is 0 Å². The summed E-state index contributed by atoms with van der Waals surface area (Å²) in [6.07, 6.45) is 0. The molecule has 31 heavy (non-hydrogen) atoms. The van der Waals surface area contributed by atoms with Gasteiger partial charge in [0, 0.05) is 23.4 Å². The van der Waals surface area contributed by atoms with E-state index >= 15 is 0 Å². The fourth-order valence-electron chi connectivity index (χ4n) is 3.20. The van der Waals surface area contributed by atoms with Crippen molar-refractivity contribution in [1.82, 2.24) is 10.1 Å². The third-order valence-electron chi connectivity index (χ3n) is 4.60. The highest BCUT2D eigenvalue weighted by molar-refractivity contribution is 5.93. The number of rotatable bonds is 7. The van der Waals surface area contributed by atoms with Gasteiger partial charge in [0.2, 0.25) is 5.91 Å². The van der Waals surface area contributed by atoms with Crippen LogP contribution in [-0.4, -0.2) is 41.5 Å². The van der Waals surface area contributed by atoms with Crippen LogP contribution in [0.15, 0.2) is 40.9 Å². The molecule has 1 heterocycles. The van der Waals surface area contributed by atoms with Gasteiger partial charge in [0.1, 0.15) is 17.3 Å². The van der Waals surface area contributed by atoms with Crippen LogP contribution in [0.25, 0.3) is 11.1 Å². The van der Waals surface area contributed by atoms with Gasteiger partial charge in [0.25, 0.3) is 5.69 Å². The van der Waals surface area contributed by atoms with Gasteiger partial charge in [-0.15, -0.1) is 0 Å². The van der Waals surface area contributed by atoms with E-state index in [4.69, 9.17) is 9.26 Å². The predicted octanol–water partition coefficient (Wildman–Crippen LogP) is 4.47. The van der Waals surface area contributed by atoms with E-state index in [1.807, 2.05) is 27.1 Å². The van der Waals surface area contributed by atoms with Crippen LogP contribution in [0, 0.1) is 30.9 Å². The van der Waals surface area contributed by atoms with Crippen molar-refractivity contribution < 1.29 is 19.0 Å². The van der Waals surface area contributed by atoms with Gasteiger partial charge >= 0.3 is 0 Å². The highest BCUT2D eigenvalue weighted by Gasteiger charge is 2.18. The zero-order chi connectivity index (χ0) is 22.7. The number of nitro benzene ring substituents is 1. The molecule has 0 radical (unpaired) electrons. The first kappa shape index (κ1) is 22.0. The van der Waals surface area contributed by atoms with E-state index in [1.165, 1.54) is 12.1 Å². The molecular weight excluding hydrogens is 400 g/mol. The summed E-state index contributed by atoms with van der Waals surface area (Å²) in [7, 11) is 3.62. The van der Waals surface area contributed by atoms with Crippen LogP contribution in [0.5, 0.6) is 11.5 Å². The number of hydrogen-bond donors (Lipinski definition) is 1. The van der Waals surface area contributed by atoms with Crippen molar-refractivity contribution in [3.05, 3.63) is 63.5 Å². The first-order chi connectivity index (χ1) is 14.6. The summed E-state index contributed by atoms with van der Waals surface area (Å²) < 4.78 is 11.1. The Morgan fingerprint density at radius 2 is 1.90 bits per heavy atom. The summed E-state index contributed by atoms with van der Waals surface area (Å²) in [6.45, 7) is 5.64. The van der Waals surface area contributed by atoms with Gasteiger partial charge in [-0.2, -0.15) is 0 Å². The third-order valence-corrected chi connectivity index (χ3v) is 4.60. The molecule has 9 heteroatoms. The number of carbonyl (C=O) groups excluding carboxylic acids is 1. The number of non-ortho nitro benzene ring substituents is 1. The minimum absolute atomic E-state index is 0.112. The molecule has 162 valence electrons. The zero-order valence-electron chi connectivity index (χ0n) is 18.1. The molecule has 0 bridgehead atoms. The van der Waals surface area contributed by atoms with Crippen LogP contribution in [0.3, 0.4) is 0 Å². The summed E-state index contributed by atoms with van der Waals surface area (Å²) in [5.41, 5.74) is 3.26. The van der Waals surface area contributed by atoms with Gasteiger partial charge in [-0.3, -0.25) is 14.9 Å². The Kier molecular flexibility index (Phi) is 6.36. The van der Waals surface area contributed by atoms with Crippen LogP contribution in [0.1, 0.15) is 17.0 Å². The highest BCUT2D eigenvalue weighted by Crippen LogP contribution is 2.35. The number of aryl methyl sites for hydroxylation is 3. The summed E-state index contributed by atoms with van der Waals surface area (Å²) in [5, 5.41) is 18.2. The van der Waals surface area contributed by atoms with Gasteiger partial charge in [0.05, 0.1) is 23.2 Å². The van der Waals surface area contributed by atoms with E-state index in [9.17, 15) is 14.9 Å². The summed E-state index contributed by atoms with van der Waals surface area (Å²) in [6, 6.07) is 9.76. The number of nitrogens with zero attached hydrogens (tertiary/aromatic N) is 3. The minimum Gasteiger partial charge on any atom is -0.457 e. The fourth-order valence-corrected chi connectivity index (χ4v) is 3.20. The lowest BCUT2D eigenvalue weighted by Gasteiger charge is -2.14. The largest absolute Gasteiger partial charge is 0.457 e. The SMILES string of the molecule is Cc1ccc(Oc2cc(-c3c(C)noc3C)cc([N+](=O)[O-])c2)cc1NC(=O)CN(C)C. The predicted molar refractivity (Wildman–Crippen MR) is 117 cm³/mol. The molecule has 0 saturated carbocycles. The molecule has 3 rings (SSSR count). The second-order valence-corrected chi connectivity index (χ2v) is 7.54. The summed E-state index contributed by atoms with van der Waals surface area (Å²) >= 11 is 0. The highest BCUT2D eigenvalue weighted by atomic mass is 16.6. The first-order valence-corrected chi connectivity index (χ1v) is 9.60. The van der Waals surface area contributed by atoms with Crippen molar-refractivity contribution in [3.63, 3.8) is 0 Å². The van der Waals surface area contributed by atoms with Crippen LogP contribution in [0.2, 0.25) is 0 Å².